The Balaban J connectivity index is 1.87. The first-order valence-corrected chi connectivity index (χ1v) is 4.71. The second-order valence-electron chi connectivity index (χ2n) is 3.81. The highest BCUT2D eigenvalue weighted by atomic mass is 16.6. The smallest absolute Gasteiger partial charge is 0.330 e. The Bertz CT molecular complexity index is 226. The van der Waals surface area contributed by atoms with Crippen LogP contribution in [0.4, 0.5) is 0 Å². The molecule has 2 aliphatic rings. The van der Waals surface area contributed by atoms with Crippen LogP contribution in [0.2, 0.25) is 0 Å². The van der Waals surface area contributed by atoms with Crippen LogP contribution < -0.4 is 0 Å². The average molecular weight is 182 g/mol. The van der Waals surface area contributed by atoms with Crippen LogP contribution in [0.15, 0.2) is 12.7 Å². The van der Waals surface area contributed by atoms with Crippen LogP contribution in [0, 0.1) is 0 Å². The standard InChI is InChI=1S/C10H14O3/c1-2-9(11)12-7-10-5-3-8(13-10)4-6-10/h2,8H,1,3-7H2. The van der Waals surface area contributed by atoms with Crippen molar-refractivity contribution in [2.45, 2.75) is 37.4 Å². The number of ether oxygens (including phenoxy) is 2. The van der Waals surface area contributed by atoms with Crippen molar-refractivity contribution in [2.24, 2.45) is 0 Å². The van der Waals surface area contributed by atoms with Crippen LogP contribution in [0.25, 0.3) is 0 Å². The molecule has 0 unspecified atom stereocenters. The van der Waals surface area contributed by atoms with Crippen molar-refractivity contribution in [3.8, 4) is 0 Å². The van der Waals surface area contributed by atoms with E-state index in [2.05, 4.69) is 6.58 Å². The fourth-order valence-corrected chi connectivity index (χ4v) is 2.15. The lowest BCUT2D eigenvalue weighted by molar-refractivity contribution is -0.145. The quantitative estimate of drug-likeness (QED) is 0.489. The summed E-state index contributed by atoms with van der Waals surface area (Å²) < 4.78 is 10.8. The molecule has 2 saturated heterocycles. The molecule has 0 saturated carbocycles. The van der Waals surface area contributed by atoms with E-state index in [1.54, 1.807) is 0 Å². The van der Waals surface area contributed by atoms with Crippen molar-refractivity contribution < 1.29 is 14.3 Å². The molecule has 2 heterocycles. The van der Waals surface area contributed by atoms with E-state index in [4.69, 9.17) is 9.47 Å². The Hall–Kier alpha value is -0.830. The molecule has 0 aliphatic carbocycles. The van der Waals surface area contributed by atoms with Gasteiger partial charge in [0, 0.05) is 6.08 Å². The summed E-state index contributed by atoms with van der Waals surface area (Å²) in [4.78, 5) is 10.8. The maximum atomic E-state index is 10.8. The maximum Gasteiger partial charge on any atom is 0.330 e. The third-order valence-corrected chi connectivity index (χ3v) is 2.90. The van der Waals surface area contributed by atoms with Gasteiger partial charge in [0.2, 0.25) is 0 Å². The van der Waals surface area contributed by atoms with Gasteiger partial charge in [-0.15, -0.1) is 0 Å². The van der Waals surface area contributed by atoms with E-state index in [-0.39, 0.29) is 11.6 Å². The molecule has 2 rings (SSSR count). The van der Waals surface area contributed by atoms with Gasteiger partial charge in [0.05, 0.1) is 6.10 Å². The van der Waals surface area contributed by atoms with Crippen molar-refractivity contribution in [1.82, 2.24) is 0 Å². The van der Waals surface area contributed by atoms with E-state index in [0.29, 0.717) is 12.7 Å². The number of esters is 1. The number of hydrogen-bond acceptors (Lipinski definition) is 3. The largest absolute Gasteiger partial charge is 0.459 e. The molecule has 0 aromatic carbocycles. The van der Waals surface area contributed by atoms with Gasteiger partial charge >= 0.3 is 5.97 Å². The van der Waals surface area contributed by atoms with Gasteiger partial charge in [-0.05, 0) is 25.7 Å². The molecule has 2 aliphatic heterocycles. The van der Waals surface area contributed by atoms with E-state index in [1.807, 2.05) is 0 Å². The first-order valence-electron chi connectivity index (χ1n) is 4.71. The first kappa shape index (κ1) is 8.75. The van der Waals surface area contributed by atoms with E-state index in [9.17, 15) is 4.79 Å². The number of carbonyl (C=O) groups is 1. The zero-order valence-electron chi connectivity index (χ0n) is 7.62. The number of rotatable bonds is 3. The Labute approximate surface area is 77.7 Å². The molecule has 0 aromatic heterocycles. The van der Waals surface area contributed by atoms with Gasteiger partial charge in [0.15, 0.2) is 0 Å². The Morgan fingerprint density at radius 1 is 1.62 bits per heavy atom. The summed E-state index contributed by atoms with van der Waals surface area (Å²) in [7, 11) is 0. The summed E-state index contributed by atoms with van der Waals surface area (Å²) in [5, 5.41) is 0. The van der Waals surface area contributed by atoms with Crippen molar-refractivity contribution >= 4 is 5.97 Å². The SMILES string of the molecule is C=CC(=O)OCC12CCC(CC1)O2. The predicted octanol–water partition coefficient (Wildman–Crippen LogP) is 1.43. The molecule has 0 spiro atoms. The van der Waals surface area contributed by atoms with Gasteiger partial charge in [-0.2, -0.15) is 0 Å². The topological polar surface area (TPSA) is 35.5 Å². The lowest BCUT2D eigenvalue weighted by Gasteiger charge is -2.23. The third-order valence-electron chi connectivity index (χ3n) is 2.90. The van der Waals surface area contributed by atoms with E-state index < -0.39 is 0 Å². The monoisotopic (exact) mass is 182 g/mol. The Kier molecular flexibility index (Phi) is 2.12. The number of carbonyl (C=O) groups excluding carboxylic acids is 1. The molecule has 2 bridgehead atoms. The van der Waals surface area contributed by atoms with Gasteiger partial charge in [-0.25, -0.2) is 4.79 Å². The fraction of sp³-hybridized carbons (Fsp3) is 0.700. The second-order valence-corrected chi connectivity index (χ2v) is 3.81. The van der Waals surface area contributed by atoms with E-state index in [1.165, 1.54) is 6.08 Å². The molecule has 3 nitrogen and oxygen atoms in total. The fourth-order valence-electron chi connectivity index (χ4n) is 2.15. The molecule has 0 N–H and O–H groups in total. The van der Waals surface area contributed by atoms with Crippen LogP contribution in [0.3, 0.4) is 0 Å². The summed E-state index contributed by atoms with van der Waals surface area (Å²) in [6.45, 7) is 3.75. The van der Waals surface area contributed by atoms with Gasteiger partial charge in [0.1, 0.15) is 12.2 Å². The van der Waals surface area contributed by atoms with Gasteiger partial charge in [-0.1, -0.05) is 6.58 Å². The minimum Gasteiger partial charge on any atom is -0.459 e. The summed E-state index contributed by atoms with van der Waals surface area (Å²) in [6, 6.07) is 0. The van der Waals surface area contributed by atoms with Crippen LogP contribution in [0.5, 0.6) is 0 Å². The summed E-state index contributed by atoms with van der Waals surface area (Å²) >= 11 is 0. The molecule has 3 heteroatoms. The molecular weight excluding hydrogens is 168 g/mol. The molecular formula is C10H14O3. The second kappa shape index (κ2) is 3.14. The van der Waals surface area contributed by atoms with E-state index >= 15 is 0 Å². The van der Waals surface area contributed by atoms with Crippen LogP contribution in [-0.4, -0.2) is 24.3 Å². The van der Waals surface area contributed by atoms with Crippen molar-refractivity contribution in [3.63, 3.8) is 0 Å². The highest BCUT2D eigenvalue weighted by Gasteiger charge is 2.46. The van der Waals surface area contributed by atoms with Gasteiger partial charge in [-0.3, -0.25) is 0 Å². The van der Waals surface area contributed by atoms with Gasteiger partial charge < -0.3 is 9.47 Å². The van der Waals surface area contributed by atoms with Crippen molar-refractivity contribution in [2.75, 3.05) is 6.61 Å². The molecule has 0 atom stereocenters. The van der Waals surface area contributed by atoms with Crippen molar-refractivity contribution in [1.29, 1.82) is 0 Å². The number of fused-ring (bicyclic) bond motifs is 2. The molecule has 72 valence electrons. The summed E-state index contributed by atoms with van der Waals surface area (Å²) in [6.07, 6.45) is 5.90. The zero-order valence-corrected chi connectivity index (χ0v) is 7.62. The zero-order chi connectivity index (χ0) is 9.31. The van der Waals surface area contributed by atoms with Gasteiger partial charge in [0.25, 0.3) is 0 Å². The van der Waals surface area contributed by atoms with E-state index in [0.717, 1.165) is 25.7 Å². The molecule has 0 radical (unpaired) electrons. The summed E-state index contributed by atoms with van der Waals surface area (Å²) in [5.74, 6) is -0.353. The van der Waals surface area contributed by atoms with Crippen LogP contribution >= 0.6 is 0 Å². The lowest BCUT2D eigenvalue weighted by Crippen LogP contribution is -2.31. The number of hydrogen-bond donors (Lipinski definition) is 0. The summed E-state index contributed by atoms with van der Waals surface area (Å²) in [5.41, 5.74) is -0.149. The Morgan fingerprint density at radius 2 is 2.31 bits per heavy atom. The third kappa shape index (κ3) is 1.61. The lowest BCUT2D eigenvalue weighted by atomic mass is 9.89. The van der Waals surface area contributed by atoms with Crippen LogP contribution in [-0.2, 0) is 14.3 Å². The van der Waals surface area contributed by atoms with Crippen LogP contribution in [0.1, 0.15) is 25.7 Å². The highest BCUT2D eigenvalue weighted by molar-refractivity contribution is 5.81. The highest BCUT2D eigenvalue weighted by Crippen LogP contribution is 2.43. The normalized spacial score (nSPS) is 36.2. The molecule has 0 aromatic rings. The first-order chi connectivity index (χ1) is 6.24. The molecule has 2 fully saturated rings. The minimum absolute atomic E-state index is 0.149. The minimum atomic E-state index is -0.353. The predicted molar refractivity (Wildman–Crippen MR) is 47.2 cm³/mol. The Morgan fingerprint density at radius 3 is 2.77 bits per heavy atom. The average Bonchev–Trinajstić information content (AvgIpc) is 2.74. The molecule has 13 heavy (non-hydrogen) atoms. The maximum absolute atomic E-state index is 10.8. The van der Waals surface area contributed by atoms with Crippen molar-refractivity contribution in [3.05, 3.63) is 12.7 Å². The molecule has 0 amide bonds.